The first-order valence-electron chi connectivity index (χ1n) is 12.5. The molecular formula is C29H24FN7O2S. The van der Waals surface area contributed by atoms with Crippen LogP contribution in [0, 0.1) is 11.2 Å². The Kier molecular flexibility index (Phi) is 6.03. The Morgan fingerprint density at radius 3 is 2.62 bits per heavy atom. The topological polar surface area (TPSA) is 129 Å². The van der Waals surface area contributed by atoms with Gasteiger partial charge >= 0.3 is 0 Å². The van der Waals surface area contributed by atoms with Crippen LogP contribution in [0.5, 0.6) is 0 Å². The van der Waals surface area contributed by atoms with Crippen molar-refractivity contribution in [2.45, 2.75) is 27.7 Å². The number of amides is 1. The Morgan fingerprint density at radius 1 is 1.05 bits per heavy atom. The standard InChI is InChI=1S/C29H24FN7O2S/c1-14(38)20-7-8-21(40-20)18-9-10-32-26-24(18)34-27(35-26)25-22-19(36-37-25)6-5-17(23(22)30)15-11-16(13-31-12-15)33-28(39)29(2,3)4/h5-13H,1-4H3,(H,33,39)(H,36,37)(H,32,34,35). The Balaban J connectivity index is 1.43. The molecule has 200 valence electrons. The van der Waals surface area contributed by atoms with Crippen LogP contribution in [0.1, 0.15) is 37.4 Å². The highest BCUT2D eigenvalue weighted by Gasteiger charge is 2.23. The van der Waals surface area contributed by atoms with Gasteiger partial charge in [-0.3, -0.25) is 19.7 Å². The number of carbonyl (C=O) groups excluding carboxylic acids is 2. The molecule has 1 aromatic carbocycles. The molecule has 0 spiro atoms. The molecule has 0 aliphatic carbocycles. The van der Waals surface area contributed by atoms with Crippen molar-refractivity contribution in [3.63, 3.8) is 0 Å². The quantitative estimate of drug-likeness (QED) is 0.206. The zero-order chi connectivity index (χ0) is 28.2. The van der Waals surface area contributed by atoms with Gasteiger partial charge in [-0.1, -0.05) is 20.8 Å². The molecule has 0 radical (unpaired) electrons. The summed E-state index contributed by atoms with van der Waals surface area (Å²) in [6, 6.07) is 10.6. The van der Waals surface area contributed by atoms with E-state index in [1.54, 1.807) is 36.7 Å². The summed E-state index contributed by atoms with van der Waals surface area (Å²) in [5.74, 6) is -0.318. The number of ketones is 1. The van der Waals surface area contributed by atoms with Crippen molar-refractivity contribution in [1.82, 2.24) is 30.1 Å². The third-order valence-corrected chi connectivity index (χ3v) is 7.71. The predicted molar refractivity (Wildman–Crippen MR) is 154 cm³/mol. The lowest BCUT2D eigenvalue weighted by Gasteiger charge is -2.17. The molecule has 40 heavy (non-hydrogen) atoms. The zero-order valence-electron chi connectivity index (χ0n) is 22.1. The number of anilines is 1. The number of Topliss-reactive ketones (excluding diaryl/α,β-unsaturated/α-hetero) is 1. The molecule has 6 aromatic rings. The third kappa shape index (κ3) is 4.43. The molecule has 0 atom stereocenters. The van der Waals surface area contributed by atoms with E-state index in [2.05, 4.69) is 35.5 Å². The van der Waals surface area contributed by atoms with Crippen molar-refractivity contribution < 1.29 is 14.0 Å². The van der Waals surface area contributed by atoms with Gasteiger partial charge in [0, 0.05) is 39.4 Å². The van der Waals surface area contributed by atoms with E-state index in [0.717, 1.165) is 10.4 Å². The van der Waals surface area contributed by atoms with Gasteiger partial charge < -0.3 is 10.3 Å². The Bertz CT molecular complexity index is 1950. The van der Waals surface area contributed by atoms with Crippen molar-refractivity contribution in [2.24, 2.45) is 5.41 Å². The fourth-order valence-corrected chi connectivity index (χ4v) is 5.27. The lowest BCUT2D eigenvalue weighted by molar-refractivity contribution is -0.123. The van der Waals surface area contributed by atoms with E-state index in [0.29, 0.717) is 49.9 Å². The van der Waals surface area contributed by atoms with E-state index >= 15 is 4.39 Å². The van der Waals surface area contributed by atoms with Gasteiger partial charge in [-0.15, -0.1) is 11.3 Å². The van der Waals surface area contributed by atoms with Crippen LogP contribution in [0.3, 0.4) is 0 Å². The maximum atomic E-state index is 16.1. The maximum absolute atomic E-state index is 16.1. The summed E-state index contributed by atoms with van der Waals surface area (Å²) in [5, 5.41) is 10.4. The normalized spacial score (nSPS) is 11.8. The number of benzene rings is 1. The van der Waals surface area contributed by atoms with Gasteiger partial charge in [0.2, 0.25) is 5.91 Å². The van der Waals surface area contributed by atoms with Crippen molar-refractivity contribution >= 4 is 50.8 Å². The number of aromatic amines is 2. The van der Waals surface area contributed by atoms with Crippen molar-refractivity contribution in [3.8, 4) is 33.1 Å². The first kappa shape index (κ1) is 25.5. The molecule has 0 saturated heterocycles. The summed E-state index contributed by atoms with van der Waals surface area (Å²) in [5.41, 5.74) is 3.44. The highest BCUT2D eigenvalue weighted by atomic mass is 32.1. The van der Waals surface area contributed by atoms with Crippen LogP contribution in [0.2, 0.25) is 0 Å². The Morgan fingerprint density at radius 2 is 1.88 bits per heavy atom. The number of thiophene rings is 1. The number of rotatable bonds is 5. The molecule has 5 heterocycles. The van der Waals surface area contributed by atoms with Gasteiger partial charge in [0.25, 0.3) is 0 Å². The molecule has 0 fully saturated rings. The number of halogens is 1. The number of hydrogen-bond donors (Lipinski definition) is 3. The third-order valence-electron chi connectivity index (χ3n) is 6.49. The molecule has 3 N–H and O–H groups in total. The second kappa shape index (κ2) is 9.45. The van der Waals surface area contributed by atoms with Crippen LogP contribution in [0.15, 0.2) is 55.0 Å². The molecule has 9 nitrogen and oxygen atoms in total. The van der Waals surface area contributed by atoms with Gasteiger partial charge in [0.05, 0.1) is 33.2 Å². The molecule has 0 aliphatic rings. The first-order chi connectivity index (χ1) is 19.1. The van der Waals surface area contributed by atoms with Gasteiger partial charge in [0.15, 0.2) is 17.3 Å². The molecule has 5 aromatic heterocycles. The molecular weight excluding hydrogens is 529 g/mol. The number of hydrogen-bond acceptors (Lipinski definition) is 7. The molecule has 11 heteroatoms. The summed E-state index contributed by atoms with van der Waals surface area (Å²) in [6.07, 6.45) is 4.72. The van der Waals surface area contributed by atoms with Crippen LogP contribution in [0.4, 0.5) is 10.1 Å². The summed E-state index contributed by atoms with van der Waals surface area (Å²) >= 11 is 1.39. The first-order valence-corrected chi connectivity index (χ1v) is 13.3. The minimum Gasteiger partial charge on any atom is -0.335 e. The SMILES string of the molecule is CC(=O)c1ccc(-c2ccnc3nc(-c4n[nH]c5ccc(-c6cncc(NC(=O)C(C)(C)C)c6)c(F)c45)[nH]c23)s1. The minimum atomic E-state index is -0.591. The molecule has 0 bridgehead atoms. The highest BCUT2D eigenvalue weighted by Crippen LogP contribution is 2.37. The van der Waals surface area contributed by atoms with E-state index < -0.39 is 11.2 Å². The fraction of sp³-hybridized carbons (Fsp3) is 0.172. The van der Waals surface area contributed by atoms with E-state index in [1.165, 1.54) is 24.5 Å². The van der Waals surface area contributed by atoms with Crippen LogP contribution >= 0.6 is 11.3 Å². The Hall–Kier alpha value is -4.77. The van der Waals surface area contributed by atoms with Crippen molar-refractivity contribution in [1.29, 1.82) is 0 Å². The summed E-state index contributed by atoms with van der Waals surface area (Å²) < 4.78 is 16.1. The second-order valence-corrected chi connectivity index (χ2v) is 11.5. The molecule has 0 aliphatic heterocycles. The summed E-state index contributed by atoms with van der Waals surface area (Å²) in [4.78, 5) is 42.3. The van der Waals surface area contributed by atoms with Crippen molar-refractivity contribution in [2.75, 3.05) is 5.32 Å². The van der Waals surface area contributed by atoms with Crippen LogP contribution < -0.4 is 5.32 Å². The van der Waals surface area contributed by atoms with E-state index in [4.69, 9.17) is 0 Å². The van der Waals surface area contributed by atoms with Gasteiger partial charge in [0.1, 0.15) is 11.5 Å². The monoisotopic (exact) mass is 553 g/mol. The number of imidazole rings is 1. The van der Waals surface area contributed by atoms with Crippen LogP contribution in [0.25, 0.3) is 55.2 Å². The number of pyridine rings is 2. The van der Waals surface area contributed by atoms with E-state index in [1.807, 2.05) is 32.9 Å². The number of carbonyl (C=O) groups is 2. The number of fused-ring (bicyclic) bond motifs is 2. The van der Waals surface area contributed by atoms with E-state index in [9.17, 15) is 9.59 Å². The predicted octanol–water partition coefficient (Wildman–Crippen LogP) is 6.62. The average Bonchev–Trinajstić information content (AvgIpc) is 3.66. The van der Waals surface area contributed by atoms with Crippen LogP contribution in [-0.2, 0) is 4.79 Å². The number of nitrogens with one attached hydrogen (secondary N) is 3. The lowest BCUT2D eigenvalue weighted by atomic mass is 9.95. The largest absolute Gasteiger partial charge is 0.335 e. The van der Waals surface area contributed by atoms with Crippen LogP contribution in [-0.4, -0.2) is 41.8 Å². The molecule has 1 amide bonds. The second-order valence-electron chi connectivity index (χ2n) is 10.5. The van der Waals surface area contributed by atoms with Gasteiger partial charge in [-0.05, 0) is 43.3 Å². The fourth-order valence-electron chi connectivity index (χ4n) is 4.34. The smallest absolute Gasteiger partial charge is 0.229 e. The minimum absolute atomic E-state index is 0.00144. The lowest BCUT2D eigenvalue weighted by Crippen LogP contribution is -2.27. The highest BCUT2D eigenvalue weighted by molar-refractivity contribution is 7.17. The number of H-pyrrole nitrogens is 2. The zero-order valence-corrected chi connectivity index (χ0v) is 22.9. The number of nitrogens with zero attached hydrogens (tertiary/aromatic N) is 4. The molecule has 0 unspecified atom stereocenters. The van der Waals surface area contributed by atoms with Gasteiger partial charge in [-0.2, -0.15) is 5.10 Å². The van der Waals surface area contributed by atoms with Gasteiger partial charge in [-0.25, -0.2) is 14.4 Å². The van der Waals surface area contributed by atoms with Crippen molar-refractivity contribution in [3.05, 3.63) is 65.7 Å². The number of aromatic nitrogens is 6. The molecule has 0 saturated carbocycles. The summed E-state index contributed by atoms with van der Waals surface area (Å²) in [7, 11) is 0. The average molecular weight is 554 g/mol. The van der Waals surface area contributed by atoms with E-state index in [-0.39, 0.29) is 17.1 Å². The maximum Gasteiger partial charge on any atom is 0.229 e. The summed E-state index contributed by atoms with van der Waals surface area (Å²) in [6.45, 7) is 6.97. The molecule has 6 rings (SSSR count). The Labute approximate surface area is 231 Å².